The van der Waals surface area contributed by atoms with Crippen LogP contribution in [0.4, 0.5) is 13.2 Å². The van der Waals surface area contributed by atoms with Crippen molar-refractivity contribution in [1.82, 2.24) is 25.1 Å². The molecule has 2 heterocycles. The van der Waals surface area contributed by atoms with Crippen LogP contribution in [0.15, 0.2) is 29.7 Å². The van der Waals surface area contributed by atoms with Gasteiger partial charge in [-0.3, -0.25) is 14.3 Å². The van der Waals surface area contributed by atoms with E-state index in [4.69, 9.17) is 0 Å². The van der Waals surface area contributed by atoms with Crippen LogP contribution in [0.5, 0.6) is 0 Å². The Labute approximate surface area is 153 Å². The van der Waals surface area contributed by atoms with Crippen LogP contribution in [0.25, 0.3) is 11.4 Å². The summed E-state index contributed by atoms with van der Waals surface area (Å²) in [4.78, 5) is 15.8. The van der Waals surface area contributed by atoms with Crippen molar-refractivity contribution in [3.63, 3.8) is 0 Å². The van der Waals surface area contributed by atoms with Gasteiger partial charge in [0.2, 0.25) is 5.91 Å². The summed E-state index contributed by atoms with van der Waals surface area (Å²) < 4.78 is 39.9. The van der Waals surface area contributed by atoms with Crippen molar-refractivity contribution in [3.8, 4) is 11.4 Å². The number of hydrogen-bond donors (Lipinski definition) is 1. The molecule has 1 unspecified atom stereocenters. The van der Waals surface area contributed by atoms with Crippen LogP contribution in [-0.4, -0.2) is 43.6 Å². The van der Waals surface area contributed by atoms with Gasteiger partial charge in [-0.15, -0.1) is 10.2 Å². The van der Waals surface area contributed by atoms with Crippen molar-refractivity contribution in [2.45, 2.75) is 44.7 Å². The maximum atomic E-state index is 13.0. The summed E-state index contributed by atoms with van der Waals surface area (Å²) in [6.07, 6.45) is -1.50. The van der Waals surface area contributed by atoms with E-state index in [1.165, 1.54) is 12.4 Å². The Balaban J connectivity index is 2.18. The Morgan fingerprint density at radius 1 is 1.23 bits per heavy atom. The summed E-state index contributed by atoms with van der Waals surface area (Å²) in [6.45, 7) is 4.59. The van der Waals surface area contributed by atoms with E-state index in [1.807, 2.05) is 20.8 Å². The van der Waals surface area contributed by atoms with Crippen molar-refractivity contribution >= 4 is 17.7 Å². The van der Waals surface area contributed by atoms with E-state index in [2.05, 4.69) is 20.5 Å². The first kappa shape index (κ1) is 20.2. The molecule has 2 aromatic rings. The molecule has 1 N–H and O–H groups in total. The van der Waals surface area contributed by atoms with Crippen LogP contribution < -0.4 is 5.32 Å². The van der Waals surface area contributed by atoms with Crippen LogP contribution in [0.2, 0.25) is 0 Å². The minimum absolute atomic E-state index is 0.0245. The molecule has 0 fully saturated rings. The van der Waals surface area contributed by atoms with E-state index in [0.717, 1.165) is 16.3 Å². The Morgan fingerprint density at radius 2 is 1.88 bits per heavy atom. The van der Waals surface area contributed by atoms with Gasteiger partial charge in [-0.2, -0.15) is 13.2 Å². The average Bonchev–Trinajstić information content (AvgIpc) is 2.94. The molecule has 0 saturated carbocycles. The molecule has 0 aliphatic rings. The molecule has 6 nitrogen and oxygen atoms in total. The zero-order valence-electron chi connectivity index (χ0n) is 14.6. The van der Waals surface area contributed by atoms with Gasteiger partial charge < -0.3 is 5.32 Å². The molecule has 0 radical (unpaired) electrons. The SMILES string of the molecule is CC(C)C(C)NC(=O)CSc1nnc(-c2ccncc2)n1CC(F)(F)F. The summed E-state index contributed by atoms with van der Waals surface area (Å²) >= 11 is 0.927. The molecule has 1 atom stereocenters. The number of nitrogens with one attached hydrogen (secondary N) is 1. The number of hydrogen-bond acceptors (Lipinski definition) is 5. The molecule has 2 rings (SSSR count). The third kappa shape index (κ3) is 5.72. The molecule has 10 heteroatoms. The standard InChI is InChI=1S/C16H20F3N5OS/c1-10(2)11(3)21-13(25)8-26-15-23-22-14(12-4-6-20-7-5-12)24(15)9-16(17,18)19/h4-7,10-11H,8-9H2,1-3H3,(H,21,25). The minimum atomic E-state index is -4.44. The van der Waals surface area contributed by atoms with Crippen molar-refractivity contribution in [2.75, 3.05) is 5.75 Å². The zero-order chi connectivity index (χ0) is 19.3. The molecule has 0 aliphatic carbocycles. The molecular formula is C16H20F3N5OS. The summed E-state index contributed by atoms with van der Waals surface area (Å²) in [5.41, 5.74) is 0.474. The molecule has 1 amide bonds. The molecule has 0 aromatic carbocycles. The highest BCUT2D eigenvalue weighted by Gasteiger charge is 2.31. The van der Waals surface area contributed by atoms with Crippen LogP contribution in [0.1, 0.15) is 20.8 Å². The van der Waals surface area contributed by atoms with Gasteiger partial charge in [0.25, 0.3) is 0 Å². The summed E-state index contributed by atoms with van der Waals surface area (Å²) in [6, 6.07) is 3.09. The first-order valence-electron chi connectivity index (χ1n) is 8.00. The number of pyridine rings is 1. The lowest BCUT2D eigenvalue weighted by Gasteiger charge is -2.17. The van der Waals surface area contributed by atoms with Gasteiger partial charge in [0.15, 0.2) is 11.0 Å². The van der Waals surface area contributed by atoms with Gasteiger partial charge in [-0.25, -0.2) is 0 Å². The van der Waals surface area contributed by atoms with E-state index < -0.39 is 12.7 Å². The minimum Gasteiger partial charge on any atom is -0.353 e. The second-order valence-electron chi connectivity index (χ2n) is 6.13. The fourth-order valence-electron chi connectivity index (χ4n) is 2.02. The molecule has 0 saturated heterocycles. The molecular weight excluding hydrogens is 367 g/mol. The maximum Gasteiger partial charge on any atom is 0.406 e. The summed E-state index contributed by atoms with van der Waals surface area (Å²) in [5.74, 6) is 0.0474. The number of alkyl halides is 3. The Bertz CT molecular complexity index is 733. The predicted octanol–water partition coefficient (Wildman–Crippen LogP) is 3.16. The number of carbonyl (C=O) groups excluding carboxylic acids is 1. The Morgan fingerprint density at radius 3 is 2.46 bits per heavy atom. The van der Waals surface area contributed by atoms with Crippen LogP contribution in [0.3, 0.4) is 0 Å². The lowest BCUT2D eigenvalue weighted by Crippen LogP contribution is -2.37. The number of halogens is 3. The fraction of sp³-hybridized carbons (Fsp3) is 0.500. The van der Waals surface area contributed by atoms with Crippen molar-refractivity contribution in [2.24, 2.45) is 5.92 Å². The van der Waals surface area contributed by atoms with Crippen molar-refractivity contribution in [3.05, 3.63) is 24.5 Å². The first-order chi connectivity index (χ1) is 12.2. The van der Waals surface area contributed by atoms with Gasteiger partial charge in [-0.05, 0) is 25.0 Å². The van der Waals surface area contributed by atoms with E-state index in [1.54, 1.807) is 12.1 Å². The topological polar surface area (TPSA) is 72.7 Å². The highest BCUT2D eigenvalue weighted by Crippen LogP contribution is 2.28. The van der Waals surface area contributed by atoms with Crippen LogP contribution in [0, 0.1) is 5.92 Å². The largest absolute Gasteiger partial charge is 0.406 e. The zero-order valence-corrected chi connectivity index (χ0v) is 15.4. The number of aromatic nitrogens is 4. The van der Waals surface area contributed by atoms with E-state index >= 15 is 0 Å². The molecule has 142 valence electrons. The Kier molecular flexibility index (Phi) is 6.63. The molecule has 0 spiro atoms. The fourth-order valence-corrected chi connectivity index (χ4v) is 2.77. The number of nitrogens with zero attached hydrogens (tertiary/aromatic N) is 4. The van der Waals surface area contributed by atoms with Gasteiger partial charge in [-0.1, -0.05) is 25.6 Å². The van der Waals surface area contributed by atoms with Gasteiger partial charge in [0.05, 0.1) is 5.75 Å². The van der Waals surface area contributed by atoms with E-state index in [-0.39, 0.29) is 34.6 Å². The second kappa shape index (κ2) is 8.52. The van der Waals surface area contributed by atoms with Gasteiger partial charge in [0, 0.05) is 24.0 Å². The monoisotopic (exact) mass is 387 g/mol. The number of thioether (sulfide) groups is 1. The smallest absolute Gasteiger partial charge is 0.353 e. The first-order valence-corrected chi connectivity index (χ1v) is 8.98. The normalized spacial score (nSPS) is 13.0. The average molecular weight is 387 g/mol. The molecule has 26 heavy (non-hydrogen) atoms. The lowest BCUT2D eigenvalue weighted by molar-refractivity contribution is -0.141. The molecule has 0 bridgehead atoms. The number of amides is 1. The second-order valence-corrected chi connectivity index (χ2v) is 7.07. The van der Waals surface area contributed by atoms with E-state index in [9.17, 15) is 18.0 Å². The quantitative estimate of drug-likeness (QED) is 0.739. The maximum absolute atomic E-state index is 13.0. The van der Waals surface area contributed by atoms with Crippen molar-refractivity contribution < 1.29 is 18.0 Å². The third-order valence-electron chi connectivity index (χ3n) is 3.71. The molecule has 2 aromatic heterocycles. The third-order valence-corrected chi connectivity index (χ3v) is 4.68. The van der Waals surface area contributed by atoms with Crippen LogP contribution >= 0.6 is 11.8 Å². The van der Waals surface area contributed by atoms with Gasteiger partial charge >= 0.3 is 6.18 Å². The number of carbonyl (C=O) groups is 1. The van der Waals surface area contributed by atoms with Crippen LogP contribution in [-0.2, 0) is 11.3 Å². The molecule has 0 aliphatic heterocycles. The predicted molar refractivity (Wildman–Crippen MR) is 92.5 cm³/mol. The summed E-state index contributed by atoms with van der Waals surface area (Å²) in [7, 11) is 0. The highest BCUT2D eigenvalue weighted by molar-refractivity contribution is 7.99. The number of rotatable bonds is 7. The lowest BCUT2D eigenvalue weighted by atomic mass is 10.1. The van der Waals surface area contributed by atoms with Gasteiger partial charge in [0.1, 0.15) is 6.54 Å². The Hall–Kier alpha value is -2.10. The van der Waals surface area contributed by atoms with E-state index in [0.29, 0.717) is 5.56 Å². The highest BCUT2D eigenvalue weighted by atomic mass is 32.2. The van der Waals surface area contributed by atoms with Crippen molar-refractivity contribution in [1.29, 1.82) is 0 Å². The summed E-state index contributed by atoms with van der Waals surface area (Å²) in [5, 5.41) is 10.6.